The maximum Gasteiger partial charge on any atom is 0.277 e. The van der Waals surface area contributed by atoms with Crippen LogP contribution in [0.2, 0.25) is 0 Å². The number of carbonyl (C=O) groups is 1. The predicted molar refractivity (Wildman–Crippen MR) is 99.8 cm³/mol. The van der Waals surface area contributed by atoms with E-state index in [9.17, 15) is 19.3 Å². The van der Waals surface area contributed by atoms with E-state index in [1.165, 1.54) is 36.4 Å². The molecule has 27 heavy (non-hydrogen) atoms. The number of amides is 1. The van der Waals surface area contributed by atoms with Gasteiger partial charge in [0, 0.05) is 22.2 Å². The molecule has 1 amide bonds. The lowest BCUT2D eigenvalue weighted by Crippen LogP contribution is -2.15. The molecule has 0 spiro atoms. The summed E-state index contributed by atoms with van der Waals surface area (Å²) in [5, 5.41) is 20.9. The van der Waals surface area contributed by atoms with Crippen LogP contribution in [0, 0.1) is 15.9 Å². The van der Waals surface area contributed by atoms with Gasteiger partial charge in [-0.1, -0.05) is 27.7 Å². The number of nitrogens with zero attached hydrogens (tertiary/aromatic N) is 3. The first-order valence-electron chi connectivity index (χ1n) is 7.38. The molecule has 8 nitrogen and oxygen atoms in total. The third kappa shape index (κ3) is 4.89. The molecule has 0 saturated carbocycles. The largest absolute Gasteiger partial charge is 0.411 e. The van der Waals surface area contributed by atoms with Crippen molar-refractivity contribution in [1.82, 2.24) is 10.2 Å². The molecule has 0 aliphatic heterocycles. The van der Waals surface area contributed by atoms with Crippen LogP contribution < -0.4 is 5.32 Å². The standard InChI is InChI=1S/C16H10BrFN4O4S/c17-10-3-6-13(12(18)7-10)19-14(23)8-27-16-21-20-15(26-16)9-1-4-11(5-2-9)22(24)25/h1-7H,8H2,(H,19,23). The Bertz CT molecular complexity index is 996. The Morgan fingerprint density at radius 2 is 2.00 bits per heavy atom. The number of nitro benzene ring substituents is 1. The smallest absolute Gasteiger partial charge is 0.277 e. The average molecular weight is 453 g/mol. The Kier molecular flexibility index (Phi) is 5.81. The lowest BCUT2D eigenvalue weighted by atomic mass is 10.2. The molecular weight excluding hydrogens is 443 g/mol. The van der Waals surface area contributed by atoms with E-state index < -0.39 is 16.6 Å². The minimum Gasteiger partial charge on any atom is -0.411 e. The number of non-ortho nitro benzene ring substituents is 1. The predicted octanol–water partition coefficient (Wildman–Crippen LogP) is 4.28. The van der Waals surface area contributed by atoms with E-state index in [0.717, 1.165) is 11.8 Å². The topological polar surface area (TPSA) is 111 Å². The molecule has 0 atom stereocenters. The molecule has 0 unspecified atom stereocenters. The summed E-state index contributed by atoms with van der Waals surface area (Å²) in [6, 6.07) is 9.93. The van der Waals surface area contributed by atoms with Crippen molar-refractivity contribution >= 4 is 45.0 Å². The van der Waals surface area contributed by atoms with Crippen LogP contribution in [0.15, 0.2) is 56.6 Å². The number of thioether (sulfide) groups is 1. The van der Waals surface area contributed by atoms with E-state index >= 15 is 0 Å². The number of carbonyl (C=O) groups excluding carboxylic acids is 1. The summed E-state index contributed by atoms with van der Waals surface area (Å²) in [6.07, 6.45) is 0. The van der Waals surface area contributed by atoms with Crippen LogP contribution in [-0.2, 0) is 4.79 Å². The third-order valence-electron chi connectivity index (χ3n) is 3.26. The van der Waals surface area contributed by atoms with Crippen LogP contribution in [0.5, 0.6) is 0 Å². The highest BCUT2D eigenvalue weighted by Crippen LogP contribution is 2.25. The summed E-state index contributed by atoms with van der Waals surface area (Å²) in [6.45, 7) is 0. The minimum atomic E-state index is -0.555. The fraction of sp³-hybridized carbons (Fsp3) is 0.0625. The zero-order valence-corrected chi connectivity index (χ0v) is 15.8. The summed E-state index contributed by atoms with van der Waals surface area (Å²) in [5.41, 5.74) is 0.534. The highest BCUT2D eigenvalue weighted by atomic mass is 79.9. The molecule has 0 bridgehead atoms. The van der Waals surface area contributed by atoms with E-state index in [4.69, 9.17) is 4.42 Å². The first-order chi connectivity index (χ1) is 12.9. The van der Waals surface area contributed by atoms with Crippen LogP contribution >= 0.6 is 27.7 Å². The Balaban J connectivity index is 1.59. The highest BCUT2D eigenvalue weighted by molar-refractivity contribution is 9.10. The summed E-state index contributed by atoms with van der Waals surface area (Å²) in [4.78, 5) is 22.1. The number of aromatic nitrogens is 2. The number of anilines is 1. The van der Waals surface area contributed by atoms with Crippen molar-refractivity contribution < 1.29 is 18.5 Å². The van der Waals surface area contributed by atoms with Gasteiger partial charge in [0.05, 0.1) is 16.4 Å². The minimum absolute atomic E-state index is 0.0512. The molecule has 3 rings (SSSR count). The van der Waals surface area contributed by atoms with Crippen LogP contribution in [0.25, 0.3) is 11.5 Å². The van der Waals surface area contributed by atoms with Crippen molar-refractivity contribution in [1.29, 1.82) is 0 Å². The summed E-state index contributed by atoms with van der Waals surface area (Å²) >= 11 is 4.13. The fourth-order valence-electron chi connectivity index (χ4n) is 2.01. The Morgan fingerprint density at radius 1 is 1.26 bits per heavy atom. The van der Waals surface area contributed by atoms with Gasteiger partial charge in [0.1, 0.15) is 5.82 Å². The number of nitrogens with one attached hydrogen (secondary N) is 1. The van der Waals surface area contributed by atoms with Gasteiger partial charge < -0.3 is 9.73 Å². The molecule has 1 N–H and O–H groups in total. The molecule has 0 saturated heterocycles. The molecular formula is C16H10BrFN4O4S. The normalized spacial score (nSPS) is 10.6. The monoisotopic (exact) mass is 452 g/mol. The van der Waals surface area contributed by atoms with Crippen LogP contribution in [0.3, 0.4) is 0 Å². The van der Waals surface area contributed by atoms with Gasteiger partial charge >= 0.3 is 0 Å². The average Bonchev–Trinajstić information content (AvgIpc) is 3.11. The molecule has 0 radical (unpaired) electrons. The summed E-state index contributed by atoms with van der Waals surface area (Å²) in [7, 11) is 0. The lowest BCUT2D eigenvalue weighted by molar-refractivity contribution is -0.384. The number of benzene rings is 2. The van der Waals surface area contributed by atoms with Crippen LogP contribution in [0.1, 0.15) is 0 Å². The molecule has 2 aromatic carbocycles. The zero-order valence-electron chi connectivity index (χ0n) is 13.4. The van der Waals surface area contributed by atoms with Gasteiger partial charge in [-0.25, -0.2) is 4.39 Å². The second kappa shape index (κ2) is 8.27. The zero-order chi connectivity index (χ0) is 19.4. The molecule has 138 valence electrons. The molecule has 1 aromatic heterocycles. The van der Waals surface area contributed by atoms with E-state index in [0.29, 0.717) is 10.0 Å². The van der Waals surface area contributed by atoms with Gasteiger partial charge in [-0.3, -0.25) is 14.9 Å². The van der Waals surface area contributed by atoms with Crippen molar-refractivity contribution in [2.45, 2.75) is 5.22 Å². The van der Waals surface area contributed by atoms with E-state index in [1.807, 2.05) is 0 Å². The van der Waals surface area contributed by atoms with E-state index in [2.05, 4.69) is 31.4 Å². The van der Waals surface area contributed by atoms with Crippen molar-refractivity contribution in [3.8, 4) is 11.5 Å². The van der Waals surface area contributed by atoms with Crippen molar-refractivity contribution in [3.63, 3.8) is 0 Å². The Morgan fingerprint density at radius 3 is 2.67 bits per heavy atom. The molecule has 0 aliphatic carbocycles. The Labute approximate surface area is 164 Å². The number of hydrogen-bond donors (Lipinski definition) is 1. The summed E-state index contributed by atoms with van der Waals surface area (Å²) in [5.74, 6) is -0.874. The summed E-state index contributed by atoms with van der Waals surface area (Å²) < 4.78 is 19.7. The molecule has 0 aliphatic rings. The number of nitro groups is 1. The van der Waals surface area contributed by atoms with Crippen molar-refractivity contribution in [2.24, 2.45) is 0 Å². The fourth-order valence-corrected chi connectivity index (χ4v) is 2.91. The molecule has 0 fully saturated rings. The second-order valence-electron chi connectivity index (χ2n) is 5.14. The number of rotatable bonds is 6. The van der Waals surface area contributed by atoms with Gasteiger partial charge in [-0.15, -0.1) is 10.2 Å². The Hall–Kier alpha value is -2.79. The lowest BCUT2D eigenvalue weighted by Gasteiger charge is -2.05. The SMILES string of the molecule is O=C(CSc1nnc(-c2ccc([N+](=O)[O-])cc2)o1)Nc1ccc(Br)cc1F. The van der Waals surface area contributed by atoms with Crippen molar-refractivity contribution in [3.05, 3.63) is 62.9 Å². The van der Waals surface area contributed by atoms with Gasteiger partial charge in [0.25, 0.3) is 10.9 Å². The number of hydrogen-bond acceptors (Lipinski definition) is 7. The van der Waals surface area contributed by atoms with Gasteiger partial charge in [0.15, 0.2) is 0 Å². The molecule has 1 heterocycles. The maximum absolute atomic E-state index is 13.7. The first kappa shape index (κ1) is 19.0. The third-order valence-corrected chi connectivity index (χ3v) is 4.58. The maximum atomic E-state index is 13.7. The second-order valence-corrected chi connectivity index (χ2v) is 6.98. The van der Waals surface area contributed by atoms with E-state index in [-0.39, 0.29) is 28.2 Å². The quantitative estimate of drug-likeness (QED) is 0.337. The molecule has 3 aromatic rings. The van der Waals surface area contributed by atoms with Crippen molar-refractivity contribution in [2.75, 3.05) is 11.1 Å². The van der Waals surface area contributed by atoms with Crippen LogP contribution in [0.4, 0.5) is 15.8 Å². The van der Waals surface area contributed by atoms with E-state index in [1.54, 1.807) is 6.07 Å². The first-order valence-corrected chi connectivity index (χ1v) is 9.16. The number of halogens is 2. The van der Waals surface area contributed by atoms with Gasteiger partial charge in [-0.2, -0.15) is 0 Å². The van der Waals surface area contributed by atoms with Crippen LogP contribution in [-0.4, -0.2) is 26.8 Å². The highest BCUT2D eigenvalue weighted by Gasteiger charge is 2.14. The van der Waals surface area contributed by atoms with Gasteiger partial charge in [-0.05, 0) is 30.3 Å². The molecule has 11 heteroatoms. The van der Waals surface area contributed by atoms with Gasteiger partial charge in [0.2, 0.25) is 11.8 Å².